The van der Waals surface area contributed by atoms with E-state index in [0.29, 0.717) is 53.8 Å². The molecular formula is C31H29FN4O4. The van der Waals surface area contributed by atoms with Crippen LogP contribution in [0.2, 0.25) is 0 Å². The van der Waals surface area contributed by atoms with Crippen molar-refractivity contribution in [3.05, 3.63) is 94.3 Å². The van der Waals surface area contributed by atoms with Crippen molar-refractivity contribution in [3.63, 3.8) is 0 Å². The van der Waals surface area contributed by atoms with E-state index in [-0.39, 0.29) is 17.3 Å². The number of amides is 1. The van der Waals surface area contributed by atoms with E-state index in [1.807, 2.05) is 47.0 Å². The monoisotopic (exact) mass is 540 g/mol. The van der Waals surface area contributed by atoms with Gasteiger partial charge in [-0.15, -0.1) is 0 Å². The molecule has 0 bridgehead atoms. The Morgan fingerprint density at radius 1 is 0.925 bits per heavy atom. The molecular weight excluding hydrogens is 511 g/mol. The molecule has 6 rings (SSSR count). The minimum absolute atomic E-state index is 0.136. The molecule has 0 aliphatic carbocycles. The van der Waals surface area contributed by atoms with Crippen LogP contribution in [0.1, 0.15) is 24.0 Å². The van der Waals surface area contributed by atoms with Crippen molar-refractivity contribution in [2.75, 3.05) is 25.7 Å². The summed E-state index contributed by atoms with van der Waals surface area (Å²) >= 11 is 0. The second kappa shape index (κ2) is 10.5. The van der Waals surface area contributed by atoms with Gasteiger partial charge in [-0.3, -0.25) is 14.2 Å². The molecule has 2 aromatic heterocycles. The number of nitrogens with zero attached hydrogens (tertiary/aromatic N) is 4. The van der Waals surface area contributed by atoms with Gasteiger partial charge in [0.05, 0.1) is 26.1 Å². The fourth-order valence-electron chi connectivity index (χ4n) is 5.47. The van der Waals surface area contributed by atoms with E-state index >= 15 is 0 Å². The molecule has 9 heteroatoms. The molecule has 5 aromatic rings. The number of fused-ring (bicyclic) bond motifs is 3. The van der Waals surface area contributed by atoms with Crippen LogP contribution in [0.5, 0.6) is 11.5 Å². The number of aromatic nitrogens is 3. The molecule has 204 valence electrons. The Balaban J connectivity index is 1.36. The Hall–Kier alpha value is -4.66. The van der Waals surface area contributed by atoms with Gasteiger partial charge in [0, 0.05) is 37.1 Å². The van der Waals surface area contributed by atoms with Crippen LogP contribution in [-0.4, -0.2) is 40.8 Å². The van der Waals surface area contributed by atoms with Gasteiger partial charge in [0.1, 0.15) is 16.9 Å². The lowest BCUT2D eigenvalue weighted by atomic mass is 10.1. The minimum atomic E-state index is -0.384. The van der Waals surface area contributed by atoms with Crippen LogP contribution in [0.3, 0.4) is 0 Å². The lowest BCUT2D eigenvalue weighted by Crippen LogP contribution is -2.24. The molecule has 1 aliphatic heterocycles. The summed E-state index contributed by atoms with van der Waals surface area (Å²) in [5.41, 5.74) is 4.26. The van der Waals surface area contributed by atoms with Gasteiger partial charge in [0.2, 0.25) is 5.91 Å². The third kappa shape index (κ3) is 4.57. The number of aryl methyl sites for hydroxylation is 2. The smallest absolute Gasteiger partial charge is 0.277 e. The molecule has 0 radical (unpaired) electrons. The zero-order valence-electron chi connectivity index (χ0n) is 22.4. The van der Waals surface area contributed by atoms with Crippen molar-refractivity contribution < 1.29 is 18.7 Å². The van der Waals surface area contributed by atoms with Gasteiger partial charge >= 0.3 is 0 Å². The SMILES string of the molecule is COc1ccc(CCn2cnc3c4cc(F)ccc4n(Cc4ccc(N5CCCC5=O)cc4)c3c2=O)cc1OC. The molecule has 40 heavy (non-hydrogen) atoms. The topological polar surface area (TPSA) is 78.6 Å². The van der Waals surface area contributed by atoms with Crippen molar-refractivity contribution in [1.29, 1.82) is 0 Å². The van der Waals surface area contributed by atoms with Crippen LogP contribution >= 0.6 is 0 Å². The van der Waals surface area contributed by atoms with Crippen LogP contribution < -0.4 is 19.9 Å². The number of rotatable bonds is 8. The van der Waals surface area contributed by atoms with Crippen LogP contribution in [-0.2, 0) is 24.3 Å². The molecule has 1 fully saturated rings. The number of methoxy groups -OCH3 is 2. The van der Waals surface area contributed by atoms with Crippen molar-refractivity contribution in [2.24, 2.45) is 0 Å². The summed E-state index contributed by atoms with van der Waals surface area (Å²) in [7, 11) is 3.18. The van der Waals surface area contributed by atoms with Gasteiger partial charge in [-0.05, 0) is 66.4 Å². The fraction of sp³-hybridized carbons (Fsp3) is 0.258. The molecule has 3 heterocycles. The van der Waals surface area contributed by atoms with E-state index < -0.39 is 0 Å². The average molecular weight is 541 g/mol. The quantitative estimate of drug-likeness (QED) is 0.279. The summed E-state index contributed by atoms with van der Waals surface area (Å²) in [6, 6.07) is 18.0. The number of ether oxygens (including phenoxy) is 2. The van der Waals surface area contributed by atoms with Gasteiger partial charge < -0.3 is 18.9 Å². The van der Waals surface area contributed by atoms with Gasteiger partial charge in [0.25, 0.3) is 5.56 Å². The second-order valence-corrected chi connectivity index (χ2v) is 9.94. The number of hydrogen-bond donors (Lipinski definition) is 0. The summed E-state index contributed by atoms with van der Waals surface area (Å²) in [6.45, 7) is 1.54. The minimum Gasteiger partial charge on any atom is -0.493 e. The van der Waals surface area contributed by atoms with Crippen molar-refractivity contribution in [2.45, 2.75) is 32.4 Å². The highest BCUT2D eigenvalue weighted by atomic mass is 19.1. The van der Waals surface area contributed by atoms with E-state index in [1.165, 1.54) is 18.5 Å². The molecule has 1 aliphatic rings. The van der Waals surface area contributed by atoms with Gasteiger partial charge in [-0.1, -0.05) is 18.2 Å². The Morgan fingerprint density at radius 3 is 2.42 bits per heavy atom. The molecule has 0 saturated carbocycles. The maximum absolute atomic E-state index is 14.3. The van der Waals surface area contributed by atoms with Crippen molar-refractivity contribution in [3.8, 4) is 11.5 Å². The van der Waals surface area contributed by atoms with Crippen molar-refractivity contribution >= 4 is 33.5 Å². The Labute approximate surface area is 230 Å². The van der Waals surface area contributed by atoms with E-state index in [4.69, 9.17) is 9.47 Å². The summed E-state index contributed by atoms with van der Waals surface area (Å²) in [4.78, 5) is 32.4. The zero-order chi connectivity index (χ0) is 27.8. The van der Waals surface area contributed by atoms with Crippen LogP contribution in [0.25, 0.3) is 21.9 Å². The van der Waals surface area contributed by atoms with Gasteiger partial charge in [-0.25, -0.2) is 9.37 Å². The number of halogens is 1. The molecule has 1 amide bonds. The van der Waals surface area contributed by atoms with Crippen LogP contribution in [0, 0.1) is 5.82 Å². The number of carbonyl (C=O) groups is 1. The number of carbonyl (C=O) groups excluding carboxylic acids is 1. The van der Waals surface area contributed by atoms with Crippen LogP contribution in [0.15, 0.2) is 71.8 Å². The third-order valence-electron chi connectivity index (χ3n) is 7.54. The third-order valence-corrected chi connectivity index (χ3v) is 7.54. The fourth-order valence-corrected chi connectivity index (χ4v) is 5.47. The zero-order valence-corrected chi connectivity index (χ0v) is 22.4. The lowest BCUT2D eigenvalue weighted by Gasteiger charge is -2.16. The Kier molecular flexibility index (Phi) is 6.71. The highest BCUT2D eigenvalue weighted by molar-refractivity contribution is 6.05. The number of hydrogen-bond acceptors (Lipinski definition) is 5. The van der Waals surface area contributed by atoms with Crippen molar-refractivity contribution in [1.82, 2.24) is 14.1 Å². The van der Waals surface area contributed by atoms with Crippen LogP contribution in [0.4, 0.5) is 10.1 Å². The highest BCUT2D eigenvalue weighted by Gasteiger charge is 2.22. The highest BCUT2D eigenvalue weighted by Crippen LogP contribution is 2.29. The molecule has 1 saturated heterocycles. The molecule has 0 atom stereocenters. The predicted molar refractivity (Wildman–Crippen MR) is 152 cm³/mol. The number of anilines is 1. The summed E-state index contributed by atoms with van der Waals surface area (Å²) in [5.74, 6) is 1.02. The second-order valence-electron chi connectivity index (χ2n) is 9.94. The normalized spacial score (nSPS) is 13.5. The summed E-state index contributed by atoms with van der Waals surface area (Å²) in [5, 5.41) is 0.596. The van der Waals surface area contributed by atoms with E-state index in [1.54, 1.807) is 29.8 Å². The molecule has 0 unspecified atom stereocenters. The first-order valence-corrected chi connectivity index (χ1v) is 13.2. The van der Waals surface area contributed by atoms with E-state index in [0.717, 1.165) is 35.3 Å². The molecule has 0 N–H and O–H groups in total. The lowest BCUT2D eigenvalue weighted by molar-refractivity contribution is -0.117. The van der Waals surface area contributed by atoms with Gasteiger partial charge in [0.15, 0.2) is 11.5 Å². The number of benzene rings is 3. The summed E-state index contributed by atoms with van der Waals surface area (Å²) < 4.78 is 28.5. The Bertz CT molecular complexity index is 1790. The first-order valence-electron chi connectivity index (χ1n) is 13.2. The maximum atomic E-state index is 14.3. The van der Waals surface area contributed by atoms with E-state index in [9.17, 15) is 14.0 Å². The molecule has 8 nitrogen and oxygen atoms in total. The standard InChI is InChI=1S/C31H29FN4O4/c1-39-26-12-7-20(16-27(26)40-2)13-15-34-19-33-29-24-17-22(32)8-11-25(24)36(30(29)31(34)38)18-21-5-9-23(10-6-21)35-14-3-4-28(35)37/h5-12,16-17,19H,3-4,13-15,18H2,1-2H3. The first kappa shape index (κ1) is 25.6. The predicted octanol–water partition coefficient (Wildman–Crippen LogP) is 4.93. The Morgan fingerprint density at radius 2 is 1.70 bits per heavy atom. The van der Waals surface area contributed by atoms with E-state index in [2.05, 4.69) is 4.98 Å². The average Bonchev–Trinajstić information content (AvgIpc) is 3.54. The summed E-state index contributed by atoms with van der Waals surface area (Å²) in [6.07, 6.45) is 3.55. The maximum Gasteiger partial charge on any atom is 0.277 e. The largest absolute Gasteiger partial charge is 0.493 e. The van der Waals surface area contributed by atoms with Gasteiger partial charge in [-0.2, -0.15) is 0 Å². The molecule has 3 aromatic carbocycles. The first-order chi connectivity index (χ1) is 19.5. The molecule has 0 spiro atoms.